The summed E-state index contributed by atoms with van der Waals surface area (Å²) in [5.74, 6) is 0.270. The summed E-state index contributed by atoms with van der Waals surface area (Å²) < 4.78 is 4.94. The van der Waals surface area contributed by atoms with Crippen molar-refractivity contribution in [3.8, 4) is 5.75 Å². The number of non-ortho nitro benzene ring substituents is 1. The first-order valence-corrected chi connectivity index (χ1v) is 4.70. The minimum absolute atomic E-state index is 0.00811. The van der Waals surface area contributed by atoms with Crippen molar-refractivity contribution in [2.24, 2.45) is 0 Å². The maximum absolute atomic E-state index is 10.5. The summed E-state index contributed by atoms with van der Waals surface area (Å²) in [7, 11) is 1.38. The molecular weight excluding hydrogens is 222 g/mol. The van der Waals surface area contributed by atoms with Gasteiger partial charge in [0.15, 0.2) is 0 Å². The average molecular weight is 232 g/mol. The molecular formula is C9H10ClNO4. The molecule has 1 aromatic rings. The number of ether oxygens (including phenoxy) is 1. The molecule has 0 aliphatic carbocycles. The normalized spacial score (nSPS) is 12.2. The number of nitrogens with zero attached hydrogens (tertiary/aromatic N) is 1. The molecule has 0 radical (unpaired) electrons. The van der Waals surface area contributed by atoms with E-state index in [1.54, 1.807) is 0 Å². The van der Waals surface area contributed by atoms with E-state index in [0.29, 0.717) is 5.56 Å². The number of nitro benzene ring substituents is 1. The number of hydrogen-bond acceptors (Lipinski definition) is 4. The molecule has 1 aromatic carbocycles. The minimum atomic E-state index is -0.887. The van der Waals surface area contributed by atoms with Crippen molar-refractivity contribution in [2.75, 3.05) is 13.0 Å². The highest BCUT2D eigenvalue weighted by Gasteiger charge is 2.16. The van der Waals surface area contributed by atoms with Crippen LogP contribution in [0.15, 0.2) is 18.2 Å². The van der Waals surface area contributed by atoms with Gasteiger partial charge in [-0.15, -0.1) is 11.6 Å². The van der Waals surface area contributed by atoms with Gasteiger partial charge < -0.3 is 9.84 Å². The predicted molar refractivity (Wildman–Crippen MR) is 55.3 cm³/mol. The summed E-state index contributed by atoms with van der Waals surface area (Å²) in [4.78, 5) is 9.95. The molecule has 0 saturated heterocycles. The van der Waals surface area contributed by atoms with Crippen LogP contribution in [0.2, 0.25) is 0 Å². The number of halogens is 1. The fraction of sp³-hybridized carbons (Fsp3) is 0.333. The molecule has 1 unspecified atom stereocenters. The van der Waals surface area contributed by atoms with E-state index in [2.05, 4.69) is 0 Å². The molecule has 82 valence electrons. The average Bonchev–Trinajstić information content (AvgIpc) is 2.27. The molecule has 6 heteroatoms. The number of aliphatic hydroxyl groups excluding tert-OH is 1. The monoisotopic (exact) mass is 231 g/mol. The van der Waals surface area contributed by atoms with E-state index in [1.807, 2.05) is 0 Å². The van der Waals surface area contributed by atoms with Gasteiger partial charge in [0.25, 0.3) is 5.69 Å². The van der Waals surface area contributed by atoms with E-state index in [4.69, 9.17) is 16.3 Å². The summed E-state index contributed by atoms with van der Waals surface area (Å²) >= 11 is 5.48. The third-order valence-electron chi connectivity index (χ3n) is 1.93. The number of nitro groups is 1. The molecule has 0 aliphatic heterocycles. The molecule has 1 rings (SSSR count). The molecule has 15 heavy (non-hydrogen) atoms. The Morgan fingerprint density at radius 1 is 1.67 bits per heavy atom. The van der Waals surface area contributed by atoms with E-state index < -0.39 is 11.0 Å². The van der Waals surface area contributed by atoms with Gasteiger partial charge in [0, 0.05) is 11.6 Å². The third-order valence-corrected chi connectivity index (χ3v) is 2.23. The zero-order valence-corrected chi connectivity index (χ0v) is 8.77. The number of rotatable bonds is 4. The van der Waals surface area contributed by atoms with Crippen LogP contribution < -0.4 is 4.74 Å². The van der Waals surface area contributed by atoms with Gasteiger partial charge in [-0.3, -0.25) is 10.1 Å². The molecule has 1 atom stereocenters. The van der Waals surface area contributed by atoms with Gasteiger partial charge in [0.1, 0.15) is 5.75 Å². The lowest BCUT2D eigenvalue weighted by Gasteiger charge is -2.11. The van der Waals surface area contributed by atoms with E-state index in [0.717, 1.165) is 0 Å². The van der Waals surface area contributed by atoms with Crippen molar-refractivity contribution < 1.29 is 14.8 Å². The Hall–Kier alpha value is -1.33. The predicted octanol–water partition coefficient (Wildman–Crippen LogP) is 1.88. The second-order valence-electron chi connectivity index (χ2n) is 2.85. The smallest absolute Gasteiger partial charge is 0.273 e. The molecule has 0 fully saturated rings. The Labute approximate surface area is 91.4 Å². The number of benzene rings is 1. The highest BCUT2D eigenvalue weighted by molar-refractivity contribution is 6.18. The molecule has 0 spiro atoms. The Bertz CT molecular complexity index is 369. The van der Waals surface area contributed by atoms with Crippen LogP contribution in [0.3, 0.4) is 0 Å². The summed E-state index contributed by atoms with van der Waals surface area (Å²) in [5.41, 5.74) is 0.357. The Morgan fingerprint density at radius 2 is 2.33 bits per heavy atom. The summed E-state index contributed by atoms with van der Waals surface area (Å²) in [5, 5.41) is 20.0. The van der Waals surface area contributed by atoms with Crippen LogP contribution in [0.4, 0.5) is 5.69 Å². The first-order chi connectivity index (χ1) is 7.10. The van der Waals surface area contributed by atoms with Gasteiger partial charge in [-0.1, -0.05) is 0 Å². The van der Waals surface area contributed by atoms with E-state index in [-0.39, 0.29) is 17.3 Å². The first kappa shape index (κ1) is 11.7. The van der Waals surface area contributed by atoms with Gasteiger partial charge in [-0.25, -0.2) is 0 Å². The lowest BCUT2D eigenvalue weighted by atomic mass is 10.1. The quantitative estimate of drug-likeness (QED) is 0.488. The van der Waals surface area contributed by atoms with Crippen molar-refractivity contribution in [1.82, 2.24) is 0 Å². The van der Waals surface area contributed by atoms with Crippen LogP contribution in [0, 0.1) is 10.1 Å². The first-order valence-electron chi connectivity index (χ1n) is 4.16. The van der Waals surface area contributed by atoms with Gasteiger partial charge >= 0.3 is 0 Å². The maximum Gasteiger partial charge on any atom is 0.273 e. The van der Waals surface area contributed by atoms with Crippen molar-refractivity contribution in [1.29, 1.82) is 0 Å². The molecule has 0 heterocycles. The maximum atomic E-state index is 10.5. The van der Waals surface area contributed by atoms with Crippen molar-refractivity contribution >= 4 is 17.3 Å². The largest absolute Gasteiger partial charge is 0.496 e. The topological polar surface area (TPSA) is 72.6 Å². The lowest BCUT2D eigenvalue weighted by Crippen LogP contribution is -2.02. The zero-order chi connectivity index (χ0) is 11.4. The molecule has 0 aliphatic rings. The highest BCUT2D eigenvalue weighted by atomic mass is 35.5. The number of aliphatic hydroxyl groups is 1. The van der Waals surface area contributed by atoms with Crippen LogP contribution in [0.5, 0.6) is 5.75 Å². The molecule has 0 bridgehead atoms. The highest BCUT2D eigenvalue weighted by Crippen LogP contribution is 2.29. The van der Waals surface area contributed by atoms with Gasteiger partial charge in [-0.2, -0.15) is 0 Å². The van der Waals surface area contributed by atoms with Gasteiger partial charge in [0.2, 0.25) is 0 Å². The zero-order valence-electron chi connectivity index (χ0n) is 8.01. The summed E-state index contributed by atoms with van der Waals surface area (Å²) in [6.45, 7) is 0. The summed E-state index contributed by atoms with van der Waals surface area (Å²) in [6, 6.07) is 3.99. The van der Waals surface area contributed by atoms with Gasteiger partial charge in [-0.05, 0) is 6.07 Å². The Morgan fingerprint density at radius 3 is 2.80 bits per heavy atom. The van der Waals surface area contributed by atoms with E-state index >= 15 is 0 Å². The minimum Gasteiger partial charge on any atom is -0.496 e. The van der Waals surface area contributed by atoms with Crippen molar-refractivity contribution in [2.45, 2.75) is 6.10 Å². The standard InChI is InChI=1S/C9H10ClNO4/c1-15-9-4-6(11(13)14)2-3-7(9)8(12)5-10/h2-4,8,12H,5H2,1H3. The van der Waals surface area contributed by atoms with Crippen LogP contribution >= 0.6 is 11.6 Å². The van der Waals surface area contributed by atoms with Crippen LogP contribution in [-0.4, -0.2) is 23.0 Å². The van der Waals surface area contributed by atoms with E-state index in [9.17, 15) is 15.2 Å². The molecule has 1 N–H and O–H groups in total. The van der Waals surface area contributed by atoms with E-state index in [1.165, 1.54) is 25.3 Å². The second kappa shape index (κ2) is 4.95. The van der Waals surface area contributed by atoms with Gasteiger partial charge in [0.05, 0.1) is 30.1 Å². The molecule has 0 amide bonds. The fourth-order valence-electron chi connectivity index (χ4n) is 1.17. The molecule has 0 saturated carbocycles. The van der Waals surface area contributed by atoms with Crippen molar-refractivity contribution in [3.05, 3.63) is 33.9 Å². The van der Waals surface area contributed by atoms with Crippen LogP contribution in [0.1, 0.15) is 11.7 Å². The summed E-state index contributed by atoms with van der Waals surface area (Å²) in [6.07, 6.45) is -0.887. The Kier molecular flexibility index (Phi) is 3.88. The Balaban J connectivity index is 3.14. The van der Waals surface area contributed by atoms with Crippen molar-refractivity contribution in [3.63, 3.8) is 0 Å². The third kappa shape index (κ3) is 2.57. The fourth-order valence-corrected chi connectivity index (χ4v) is 1.34. The lowest BCUT2D eigenvalue weighted by molar-refractivity contribution is -0.384. The van der Waals surface area contributed by atoms with Crippen LogP contribution in [-0.2, 0) is 0 Å². The second-order valence-corrected chi connectivity index (χ2v) is 3.16. The number of alkyl halides is 1. The molecule has 5 nitrogen and oxygen atoms in total. The SMILES string of the molecule is COc1cc([N+](=O)[O-])ccc1C(O)CCl. The van der Waals surface area contributed by atoms with Crippen LogP contribution in [0.25, 0.3) is 0 Å². The number of hydrogen-bond donors (Lipinski definition) is 1. The molecule has 0 aromatic heterocycles. The number of methoxy groups -OCH3 is 1.